The molecule has 0 aliphatic heterocycles. The molecule has 0 spiro atoms. The van der Waals surface area contributed by atoms with Crippen molar-refractivity contribution in [2.24, 2.45) is 0 Å². The monoisotopic (exact) mass is 486 g/mol. The third-order valence-electron chi connectivity index (χ3n) is 2.17. The molecule has 0 amide bonds. The molecule has 30 heavy (non-hydrogen) atoms. The van der Waals surface area contributed by atoms with Crippen molar-refractivity contribution in [2.45, 2.75) is 0 Å². The molecule has 178 valence electrons. The lowest BCUT2D eigenvalue weighted by Crippen LogP contribution is -2.43. The number of carbonyl (C=O) groups excluding carboxylic acids is 1. The lowest BCUT2D eigenvalue weighted by Gasteiger charge is -2.23. The first-order chi connectivity index (χ1) is 13.6. The van der Waals surface area contributed by atoms with E-state index in [0.29, 0.717) is 0 Å². The molecule has 0 aromatic heterocycles. The van der Waals surface area contributed by atoms with Crippen molar-refractivity contribution in [1.82, 2.24) is 9.80 Å². The van der Waals surface area contributed by atoms with E-state index >= 15 is 0 Å². The molecule has 0 aliphatic rings. The van der Waals surface area contributed by atoms with Crippen molar-refractivity contribution in [2.75, 3.05) is 39.3 Å². The molecule has 0 aromatic carbocycles. The minimum atomic E-state index is -4.67. The molecule has 0 saturated carbocycles. The Morgan fingerprint density at radius 3 is 0.900 bits per heavy atom. The van der Waals surface area contributed by atoms with Gasteiger partial charge in [-0.15, -0.1) is 0 Å². The Morgan fingerprint density at radius 2 is 0.800 bits per heavy atom. The van der Waals surface area contributed by atoms with Gasteiger partial charge in [-0.1, -0.05) is 0 Å². The Kier molecular flexibility index (Phi) is 24.9. The maximum atomic E-state index is 10.6. The lowest BCUT2D eigenvalue weighted by molar-refractivity contribution is -0.145. The van der Waals surface area contributed by atoms with Crippen LogP contribution in [0.3, 0.4) is 0 Å². The maximum absolute atomic E-state index is 10.6. The highest BCUT2D eigenvalue weighted by Gasteiger charge is 2.17. The highest BCUT2D eigenvalue weighted by atomic mass is 32.3. The Balaban J connectivity index is -0.000000282. The average Bonchev–Trinajstić information content (AvgIpc) is 2.51. The number of carbonyl (C=O) groups is 5. The van der Waals surface area contributed by atoms with Gasteiger partial charge in [0.25, 0.3) is 0 Å². The van der Waals surface area contributed by atoms with E-state index in [1.165, 1.54) is 0 Å². The van der Waals surface area contributed by atoms with Crippen molar-refractivity contribution < 1.29 is 71.0 Å². The lowest BCUT2D eigenvalue weighted by atomic mass is 10.4. The van der Waals surface area contributed by atoms with E-state index in [1.54, 1.807) is 0 Å². The second-order valence-electron chi connectivity index (χ2n) is 4.53. The molecule has 0 fully saturated rings. The van der Waals surface area contributed by atoms with Gasteiger partial charge in [0.05, 0.1) is 26.2 Å². The number of hydrogen-bond donors (Lipinski definition) is 8. The third kappa shape index (κ3) is 44.8. The van der Waals surface area contributed by atoms with Crippen LogP contribution in [0.15, 0.2) is 0 Å². The highest BCUT2D eigenvalue weighted by molar-refractivity contribution is 7.87. The van der Waals surface area contributed by atoms with E-state index in [4.69, 9.17) is 51.8 Å². The zero-order chi connectivity index (χ0) is 24.9. The first-order valence-electron chi connectivity index (χ1n) is 6.87. The summed E-state index contributed by atoms with van der Waals surface area (Å²) in [4.78, 5) is 52.4. The van der Waals surface area contributed by atoms with Crippen LogP contribution in [-0.2, 0) is 34.4 Å². The quantitative estimate of drug-likeness (QED) is 0.113. The van der Waals surface area contributed by atoms with Crippen LogP contribution in [0, 0.1) is 0 Å². The summed E-state index contributed by atoms with van der Waals surface area (Å²) >= 11 is -0.250. The molecule has 19 heteroatoms. The minimum absolute atomic E-state index is 0.0703. The number of carboxylic acids is 4. The normalized spacial score (nSPS) is 9.80. The van der Waals surface area contributed by atoms with Gasteiger partial charge in [0.1, 0.15) is 6.79 Å². The SMILES string of the molecule is C=O.O=C(O)CN(CCN(CC(=O)O)CC(=O)O)CC(=O)O.O=S(=O)(O)O.OSO. The van der Waals surface area contributed by atoms with Gasteiger partial charge in [-0.3, -0.25) is 38.1 Å². The van der Waals surface area contributed by atoms with Gasteiger partial charge in [0, 0.05) is 13.1 Å². The summed E-state index contributed by atoms with van der Waals surface area (Å²) < 4.78 is 45.7. The fourth-order valence-corrected chi connectivity index (χ4v) is 1.48. The summed E-state index contributed by atoms with van der Waals surface area (Å²) in [7, 11) is -4.67. The van der Waals surface area contributed by atoms with Crippen LogP contribution in [-0.4, -0.2) is 127 Å². The van der Waals surface area contributed by atoms with Gasteiger partial charge >= 0.3 is 34.3 Å². The average molecular weight is 486 g/mol. The van der Waals surface area contributed by atoms with Crippen LogP contribution in [0.5, 0.6) is 0 Å². The van der Waals surface area contributed by atoms with Crippen LogP contribution in [0.4, 0.5) is 0 Å². The molecule has 0 atom stereocenters. The number of nitrogens with zero attached hydrogens (tertiary/aromatic N) is 2. The van der Waals surface area contributed by atoms with Gasteiger partial charge in [0.15, 0.2) is 12.3 Å². The fourth-order valence-electron chi connectivity index (χ4n) is 1.48. The van der Waals surface area contributed by atoms with Crippen molar-refractivity contribution in [1.29, 1.82) is 0 Å². The summed E-state index contributed by atoms with van der Waals surface area (Å²) in [6.45, 7) is -0.251. The molecule has 0 rings (SSSR count). The summed E-state index contributed by atoms with van der Waals surface area (Å²) in [5.41, 5.74) is 0. The van der Waals surface area contributed by atoms with E-state index < -0.39 is 60.5 Å². The largest absolute Gasteiger partial charge is 0.480 e. The predicted octanol–water partition coefficient (Wildman–Crippen LogP) is -2.24. The van der Waals surface area contributed by atoms with Crippen LogP contribution >= 0.6 is 12.3 Å². The first kappa shape index (κ1) is 35.1. The van der Waals surface area contributed by atoms with E-state index in [1.807, 2.05) is 6.79 Å². The van der Waals surface area contributed by atoms with E-state index in [-0.39, 0.29) is 25.4 Å². The maximum Gasteiger partial charge on any atom is 0.394 e. The predicted molar refractivity (Wildman–Crippen MR) is 97.6 cm³/mol. The minimum Gasteiger partial charge on any atom is -0.480 e. The van der Waals surface area contributed by atoms with Crippen molar-refractivity contribution in [3.8, 4) is 0 Å². The van der Waals surface area contributed by atoms with Crippen LogP contribution in [0.25, 0.3) is 0 Å². The van der Waals surface area contributed by atoms with E-state index in [9.17, 15) is 19.2 Å². The molecule has 0 aliphatic carbocycles. The molecule has 8 N–H and O–H groups in total. The second kappa shape index (κ2) is 21.3. The smallest absolute Gasteiger partial charge is 0.394 e. The topological polar surface area (TPSA) is 288 Å². The summed E-state index contributed by atoms with van der Waals surface area (Å²) in [6.07, 6.45) is 0. The zero-order valence-electron chi connectivity index (χ0n) is 15.1. The van der Waals surface area contributed by atoms with Crippen molar-refractivity contribution in [3.05, 3.63) is 0 Å². The summed E-state index contributed by atoms with van der Waals surface area (Å²) in [5.74, 6) is -4.91. The molecule has 17 nitrogen and oxygen atoms in total. The van der Waals surface area contributed by atoms with Crippen LogP contribution in [0.2, 0.25) is 0 Å². The van der Waals surface area contributed by atoms with Gasteiger partial charge in [-0.25, -0.2) is 0 Å². The summed E-state index contributed by atoms with van der Waals surface area (Å²) in [5, 5.41) is 34.5. The Morgan fingerprint density at radius 1 is 0.667 bits per heavy atom. The Labute approximate surface area is 174 Å². The van der Waals surface area contributed by atoms with E-state index in [2.05, 4.69) is 0 Å². The van der Waals surface area contributed by atoms with Crippen LogP contribution < -0.4 is 0 Å². The third-order valence-corrected chi connectivity index (χ3v) is 2.17. The number of rotatable bonds is 11. The number of hydrogen-bond acceptors (Lipinski definition) is 12. The molecule has 0 heterocycles. The molecule has 0 unspecified atom stereocenters. The van der Waals surface area contributed by atoms with E-state index in [0.717, 1.165) is 9.80 Å². The van der Waals surface area contributed by atoms with Crippen molar-refractivity contribution in [3.63, 3.8) is 0 Å². The van der Waals surface area contributed by atoms with Crippen molar-refractivity contribution >= 4 is 53.4 Å². The molecular weight excluding hydrogens is 464 g/mol. The molecule has 0 radical (unpaired) electrons. The molecule has 0 bridgehead atoms. The van der Waals surface area contributed by atoms with Gasteiger partial charge in [0.2, 0.25) is 0 Å². The Bertz CT molecular complexity index is 536. The molecule has 0 saturated heterocycles. The fraction of sp³-hybridized carbons (Fsp3) is 0.545. The molecule has 0 aromatic rings. The van der Waals surface area contributed by atoms with Gasteiger partial charge in [-0.2, -0.15) is 8.42 Å². The highest BCUT2D eigenvalue weighted by Crippen LogP contribution is 1.94. The standard InChI is InChI=1S/C10H16N2O8.CH2O.H2O4S.H2O2S/c13-7(14)3-11(4-8(15)16)1-2-12(5-9(17)18)6-10(19)20;1-2;1-5(2,3)4;1-3-2/h1-6H2,(H,13,14)(H,15,16)(H,17,18)(H,19,20);1H2;(H2,1,2,3,4);1-2H. The van der Waals surface area contributed by atoms with Gasteiger partial charge < -0.3 is 34.3 Å². The first-order valence-corrected chi connectivity index (χ1v) is 9.00. The Hall–Kier alpha value is -2.39. The van der Waals surface area contributed by atoms with Crippen LogP contribution in [0.1, 0.15) is 0 Å². The van der Waals surface area contributed by atoms with Gasteiger partial charge in [-0.05, 0) is 0 Å². The zero-order valence-corrected chi connectivity index (χ0v) is 16.7. The second-order valence-corrected chi connectivity index (χ2v) is 5.58. The number of carboxylic acid groups (broad SMARTS) is 4. The molecular formula is C11H22N2O15S2. The summed E-state index contributed by atoms with van der Waals surface area (Å²) in [6, 6.07) is 0. The number of aliphatic carboxylic acids is 4.